The Balaban J connectivity index is 2.11. The molecule has 0 spiro atoms. The van der Waals surface area contributed by atoms with Crippen molar-refractivity contribution < 1.29 is 18.3 Å². The second kappa shape index (κ2) is 7.71. The Morgan fingerprint density at radius 1 is 1.05 bits per heavy atom. The normalized spacial score (nSPS) is 10.6. The zero-order chi connectivity index (χ0) is 15.1. The van der Waals surface area contributed by atoms with Gasteiger partial charge in [-0.2, -0.15) is 0 Å². The van der Waals surface area contributed by atoms with Crippen LogP contribution in [-0.2, 0) is 11.3 Å². The van der Waals surface area contributed by atoms with Gasteiger partial charge in [0.05, 0.1) is 6.61 Å². The molecule has 0 aliphatic carbocycles. The smallest absolute Gasteiger partial charge is 0.167 e. The lowest BCUT2D eigenvalue weighted by molar-refractivity contribution is 0.199. The third-order valence-corrected chi connectivity index (χ3v) is 2.88. The van der Waals surface area contributed by atoms with Crippen molar-refractivity contribution in [1.82, 2.24) is 5.32 Å². The number of para-hydroxylation sites is 1. The molecule has 0 radical (unpaired) electrons. The van der Waals surface area contributed by atoms with Gasteiger partial charge in [-0.1, -0.05) is 12.1 Å². The summed E-state index contributed by atoms with van der Waals surface area (Å²) in [6.45, 7) is 1.68. The van der Waals surface area contributed by atoms with Crippen molar-refractivity contribution in [3.8, 4) is 11.5 Å². The Morgan fingerprint density at radius 2 is 1.81 bits per heavy atom. The molecular weight excluding hydrogens is 276 g/mol. The monoisotopic (exact) mass is 293 g/mol. The Hall–Kier alpha value is -1.98. The number of ether oxygens (including phenoxy) is 2. The van der Waals surface area contributed by atoms with E-state index in [1.807, 2.05) is 0 Å². The molecule has 0 amide bonds. The summed E-state index contributed by atoms with van der Waals surface area (Å²) in [4.78, 5) is 0. The summed E-state index contributed by atoms with van der Waals surface area (Å²) >= 11 is 0. The van der Waals surface area contributed by atoms with Gasteiger partial charge in [0.1, 0.15) is 11.6 Å². The molecule has 0 saturated heterocycles. The van der Waals surface area contributed by atoms with E-state index in [4.69, 9.17) is 9.47 Å². The highest BCUT2D eigenvalue weighted by molar-refractivity contribution is 5.39. The minimum Gasteiger partial charge on any atom is -0.454 e. The summed E-state index contributed by atoms with van der Waals surface area (Å²) in [5, 5.41) is 3.13. The van der Waals surface area contributed by atoms with Crippen molar-refractivity contribution in [3.05, 3.63) is 59.7 Å². The first kappa shape index (κ1) is 15.4. The molecular formula is C16H17F2NO2. The highest BCUT2D eigenvalue weighted by Gasteiger charge is 2.11. The minimum atomic E-state index is -0.453. The zero-order valence-corrected chi connectivity index (χ0v) is 11.7. The summed E-state index contributed by atoms with van der Waals surface area (Å²) in [6.07, 6.45) is 0. The van der Waals surface area contributed by atoms with Gasteiger partial charge in [0.25, 0.3) is 0 Å². The first-order chi connectivity index (χ1) is 10.2. The lowest BCUT2D eigenvalue weighted by Crippen LogP contribution is -2.19. The average molecular weight is 293 g/mol. The minimum absolute atomic E-state index is 0.147. The maximum atomic E-state index is 13.9. The third-order valence-electron chi connectivity index (χ3n) is 2.88. The predicted molar refractivity (Wildman–Crippen MR) is 76.5 cm³/mol. The second-order valence-corrected chi connectivity index (χ2v) is 4.45. The molecule has 2 aromatic carbocycles. The predicted octanol–water partition coefficient (Wildman–Crippen LogP) is 3.49. The molecule has 0 heterocycles. The molecule has 0 aliphatic heterocycles. The van der Waals surface area contributed by atoms with E-state index < -0.39 is 5.82 Å². The molecule has 21 heavy (non-hydrogen) atoms. The summed E-state index contributed by atoms with van der Waals surface area (Å²) < 4.78 is 37.3. The maximum Gasteiger partial charge on any atom is 0.167 e. The highest BCUT2D eigenvalue weighted by Crippen LogP contribution is 2.28. The molecule has 0 unspecified atom stereocenters. The van der Waals surface area contributed by atoms with Crippen molar-refractivity contribution >= 4 is 0 Å². The molecule has 0 aromatic heterocycles. The van der Waals surface area contributed by atoms with Crippen LogP contribution in [0.25, 0.3) is 0 Å². The number of hydrogen-bond acceptors (Lipinski definition) is 3. The summed E-state index contributed by atoms with van der Waals surface area (Å²) in [6, 6.07) is 10.2. The fraction of sp³-hybridized carbons (Fsp3) is 0.250. The van der Waals surface area contributed by atoms with Crippen molar-refractivity contribution in [2.75, 3.05) is 20.3 Å². The lowest BCUT2D eigenvalue weighted by atomic mass is 10.2. The third kappa shape index (κ3) is 4.51. The average Bonchev–Trinajstić information content (AvgIpc) is 2.49. The van der Waals surface area contributed by atoms with Crippen LogP contribution >= 0.6 is 0 Å². The van der Waals surface area contributed by atoms with Crippen LogP contribution in [0.1, 0.15) is 5.56 Å². The highest BCUT2D eigenvalue weighted by atomic mass is 19.1. The summed E-state index contributed by atoms with van der Waals surface area (Å²) in [5.74, 6) is -0.281. The fourth-order valence-electron chi connectivity index (χ4n) is 1.82. The largest absolute Gasteiger partial charge is 0.454 e. The van der Waals surface area contributed by atoms with Crippen LogP contribution in [0.2, 0.25) is 0 Å². The van der Waals surface area contributed by atoms with Crippen molar-refractivity contribution in [2.45, 2.75) is 6.54 Å². The van der Waals surface area contributed by atoms with Gasteiger partial charge in [0.15, 0.2) is 11.6 Å². The fourth-order valence-corrected chi connectivity index (χ4v) is 1.82. The van der Waals surface area contributed by atoms with Gasteiger partial charge < -0.3 is 14.8 Å². The second-order valence-electron chi connectivity index (χ2n) is 4.45. The van der Waals surface area contributed by atoms with Crippen LogP contribution < -0.4 is 10.1 Å². The van der Waals surface area contributed by atoms with E-state index >= 15 is 0 Å². The van der Waals surface area contributed by atoms with E-state index in [2.05, 4.69) is 5.32 Å². The molecule has 0 saturated carbocycles. The van der Waals surface area contributed by atoms with Crippen LogP contribution in [0.3, 0.4) is 0 Å². The zero-order valence-electron chi connectivity index (χ0n) is 11.7. The van der Waals surface area contributed by atoms with Gasteiger partial charge in [-0.15, -0.1) is 0 Å². The van der Waals surface area contributed by atoms with E-state index in [-0.39, 0.29) is 11.6 Å². The van der Waals surface area contributed by atoms with Crippen LogP contribution in [0.5, 0.6) is 11.5 Å². The molecule has 0 aliphatic rings. The molecule has 5 heteroatoms. The van der Waals surface area contributed by atoms with E-state index in [1.165, 1.54) is 30.3 Å². The summed E-state index contributed by atoms with van der Waals surface area (Å²) in [5.41, 5.74) is 0.690. The molecule has 112 valence electrons. The van der Waals surface area contributed by atoms with E-state index in [9.17, 15) is 8.78 Å². The standard InChI is InChI=1S/C16H17F2NO2/c1-20-10-9-19-11-12-3-2-4-15(18)16(12)21-14-7-5-13(17)6-8-14/h2-8,19H,9-11H2,1H3. The SMILES string of the molecule is COCCNCc1cccc(F)c1Oc1ccc(F)cc1. The molecule has 0 fully saturated rings. The molecule has 2 rings (SSSR count). The van der Waals surface area contributed by atoms with E-state index in [0.29, 0.717) is 31.0 Å². The number of rotatable bonds is 7. The number of hydrogen-bond donors (Lipinski definition) is 1. The van der Waals surface area contributed by atoms with Gasteiger partial charge in [0, 0.05) is 25.8 Å². The van der Waals surface area contributed by atoms with Crippen molar-refractivity contribution in [1.29, 1.82) is 0 Å². The molecule has 1 N–H and O–H groups in total. The van der Waals surface area contributed by atoms with Crippen LogP contribution in [-0.4, -0.2) is 20.3 Å². The van der Waals surface area contributed by atoms with Gasteiger partial charge in [-0.05, 0) is 30.3 Å². The van der Waals surface area contributed by atoms with Crippen LogP contribution in [0.4, 0.5) is 8.78 Å². The Bertz CT molecular complexity index is 573. The quantitative estimate of drug-likeness (QED) is 0.793. The first-order valence-electron chi connectivity index (χ1n) is 6.61. The van der Waals surface area contributed by atoms with Gasteiger partial charge in [0.2, 0.25) is 0 Å². The number of benzene rings is 2. The number of halogens is 2. The van der Waals surface area contributed by atoms with Crippen LogP contribution in [0, 0.1) is 11.6 Å². The van der Waals surface area contributed by atoms with Crippen molar-refractivity contribution in [3.63, 3.8) is 0 Å². The first-order valence-corrected chi connectivity index (χ1v) is 6.61. The van der Waals surface area contributed by atoms with E-state index in [0.717, 1.165) is 0 Å². The van der Waals surface area contributed by atoms with Crippen molar-refractivity contribution in [2.24, 2.45) is 0 Å². The number of nitrogens with one attached hydrogen (secondary N) is 1. The van der Waals surface area contributed by atoms with Gasteiger partial charge >= 0.3 is 0 Å². The topological polar surface area (TPSA) is 30.5 Å². The molecule has 0 bridgehead atoms. The maximum absolute atomic E-state index is 13.9. The Kier molecular flexibility index (Phi) is 5.66. The molecule has 3 nitrogen and oxygen atoms in total. The van der Waals surface area contributed by atoms with E-state index in [1.54, 1.807) is 19.2 Å². The van der Waals surface area contributed by atoms with Crippen LogP contribution in [0.15, 0.2) is 42.5 Å². The summed E-state index contributed by atoms with van der Waals surface area (Å²) in [7, 11) is 1.62. The van der Waals surface area contributed by atoms with Gasteiger partial charge in [-0.25, -0.2) is 8.78 Å². The Labute approximate surface area is 122 Å². The lowest BCUT2D eigenvalue weighted by Gasteiger charge is -2.12. The Morgan fingerprint density at radius 3 is 2.52 bits per heavy atom. The van der Waals surface area contributed by atoms with Gasteiger partial charge in [-0.3, -0.25) is 0 Å². The molecule has 0 atom stereocenters. The number of methoxy groups -OCH3 is 1. The molecule has 2 aromatic rings.